The van der Waals surface area contributed by atoms with Crippen LogP contribution in [0.2, 0.25) is 0 Å². The Balaban J connectivity index is 2.27. The third-order valence-corrected chi connectivity index (χ3v) is 2.25. The van der Waals surface area contributed by atoms with Gasteiger partial charge < -0.3 is 5.32 Å². The molecule has 0 aliphatic heterocycles. The maximum atomic E-state index is 4.12. The molecule has 1 aromatic rings. The van der Waals surface area contributed by atoms with Crippen LogP contribution >= 0.6 is 0 Å². The highest BCUT2D eigenvalue weighted by atomic mass is 15.4. The molecule has 1 fully saturated rings. The minimum atomic E-state index is 0.730. The maximum Gasteiger partial charge on any atom is 0.0999 e. The number of aromatic nitrogens is 3. The molecule has 0 radical (unpaired) electrons. The number of nitrogens with zero attached hydrogens (tertiary/aromatic N) is 3. The van der Waals surface area contributed by atoms with E-state index in [0.717, 1.165) is 18.2 Å². The lowest BCUT2D eigenvalue weighted by Gasteiger charge is -2.00. The molecule has 1 aromatic heterocycles. The Hall–Kier alpha value is -0.900. The van der Waals surface area contributed by atoms with Gasteiger partial charge in [0, 0.05) is 19.5 Å². The Morgan fingerprint density at radius 2 is 2.33 bits per heavy atom. The fraction of sp³-hybridized carbons (Fsp3) is 0.750. The molecule has 66 valence electrons. The van der Waals surface area contributed by atoms with Gasteiger partial charge in [-0.05, 0) is 19.9 Å². The number of hydrogen-bond donors (Lipinski definition) is 1. The summed E-state index contributed by atoms with van der Waals surface area (Å²) in [5.74, 6) is 0.730. The van der Waals surface area contributed by atoms with E-state index in [4.69, 9.17) is 0 Å². The average Bonchev–Trinajstić information content (AvgIpc) is 2.80. The van der Waals surface area contributed by atoms with Gasteiger partial charge in [-0.25, -0.2) is 0 Å². The van der Waals surface area contributed by atoms with Gasteiger partial charge in [-0.1, -0.05) is 5.21 Å². The second-order valence-corrected chi connectivity index (χ2v) is 3.35. The first-order valence-corrected chi connectivity index (χ1v) is 4.36. The minimum Gasteiger partial charge on any atom is -0.314 e. The third-order valence-electron chi connectivity index (χ3n) is 2.25. The summed E-state index contributed by atoms with van der Waals surface area (Å²) in [6, 6.07) is 0. The molecular weight excluding hydrogens is 152 g/mol. The predicted octanol–water partition coefficient (Wildman–Crippen LogP) is 0.412. The van der Waals surface area contributed by atoms with E-state index in [0.29, 0.717) is 0 Å². The lowest BCUT2D eigenvalue weighted by molar-refractivity contribution is 0.679. The van der Waals surface area contributed by atoms with Gasteiger partial charge in [0.25, 0.3) is 0 Å². The smallest absolute Gasteiger partial charge is 0.0999 e. The summed E-state index contributed by atoms with van der Waals surface area (Å²) in [5, 5.41) is 11.2. The fourth-order valence-corrected chi connectivity index (χ4v) is 1.56. The van der Waals surface area contributed by atoms with Crippen molar-refractivity contribution in [3.63, 3.8) is 0 Å². The molecule has 0 unspecified atom stereocenters. The third kappa shape index (κ3) is 1.22. The summed E-state index contributed by atoms with van der Waals surface area (Å²) in [7, 11) is 3.91. The van der Waals surface area contributed by atoms with Crippen LogP contribution < -0.4 is 5.32 Å². The molecule has 1 saturated carbocycles. The van der Waals surface area contributed by atoms with Crippen LogP contribution in [0, 0.1) is 0 Å². The quantitative estimate of drug-likeness (QED) is 0.707. The van der Waals surface area contributed by atoms with Crippen molar-refractivity contribution in [2.45, 2.75) is 25.3 Å². The number of rotatable bonds is 3. The number of hydrogen-bond acceptors (Lipinski definition) is 3. The van der Waals surface area contributed by atoms with Crippen LogP contribution in [-0.4, -0.2) is 22.0 Å². The van der Waals surface area contributed by atoms with E-state index < -0.39 is 0 Å². The Labute approximate surface area is 72.0 Å². The van der Waals surface area contributed by atoms with Crippen LogP contribution in [0.1, 0.15) is 30.1 Å². The van der Waals surface area contributed by atoms with Crippen molar-refractivity contribution in [2.24, 2.45) is 7.05 Å². The predicted molar refractivity (Wildman–Crippen MR) is 45.7 cm³/mol. The second kappa shape index (κ2) is 2.86. The standard InChI is InChI=1S/C8H14N4/c1-9-5-7-8(6-3-4-6)12(2)11-10-7/h6,9H,3-5H2,1-2H3. The van der Waals surface area contributed by atoms with Crippen molar-refractivity contribution < 1.29 is 0 Å². The van der Waals surface area contributed by atoms with Crippen molar-refractivity contribution in [3.8, 4) is 0 Å². The van der Waals surface area contributed by atoms with Gasteiger partial charge in [-0.2, -0.15) is 0 Å². The van der Waals surface area contributed by atoms with Gasteiger partial charge in [0.1, 0.15) is 0 Å². The van der Waals surface area contributed by atoms with Crippen molar-refractivity contribution in [1.29, 1.82) is 0 Å². The molecular formula is C8H14N4. The van der Waals surface area contributed by atoms with E-state index >= 15 is 0 Å². The zero-order valence-corrected chi connectivity index (χ0v) is 7.54. The van der Waals surface area contributed by atoms with E-state index in [2.05, 4.69) is 15.6 Å². The summed E-state index contributed by atoms with van der Waals surface area (Å²) in [6.45, 7) is 0.833. The minimum absolute atomic E-state index is 0.730. The maximum absolute atomic E-state index is 4.12. The average molecular weight is 166 g/mol. The molecule has 0 spiro atoms. The normalized spacial score (nSPS) is 16.8. The topological polar surface area (TPSA) is 42.7 Å². The van der Waals surface area contributed by atoms with Gasteiger partial charge >= 0.3 is 0 Å². The Kier molecular flexibility index (Phi) is 1.84. The molecule has 1 aliphatic rings. The van der Waals surface area contributed by atoms with Gasteiger partial charge in [-0.15, -0.1) is 5.10 Å². The van der Waals surface area contributed by atoms with E-state index in [1.165, 1.54) is 18.5 Å². The highest BCUT2D eigenvalue weighted by Gasteiger charge is 2.29. The molecule has 0 amide bonds. The van der Waals surface area contributed by atoms with E-state index in [9.17, 15) is 0 Å². The Morgan fingerprint density at radius 3 is 2.92 bits per heavy atom. The van der Waals surface area contributed by atoms with Crippen LogP contribution in [0.4, 0.5) is 0 Å². The van der Waals surface area contributed by atoms with Crippen LogP contribution in [0.25, 0.3) is 0 Å². The largest absolute Gasteiger partial charge is 0.314 e. The van der Waals surface area contributed by atoms with Gasteiger partial charge in [0.15, 0.2) is 0 Å². The zero-order valence-electron chi connectivity index (χ0n) is 7.54. The number of nitrogens with one attached hydrogen (secondary N) is 1. The molecule has 0 bridgehead atoms. The fourth-order valence-electron chi connectivity index (χ4n) is 1.56. The molecule has 1 heterocycles. The van der Waals surface area contributed by atoms with Crippen LogP contribution in [0.3, 0.4) is 0 Å². The lowest BCUT2D eigenvalue weighted by Crippen LogP contribution is -2.08. The number of aryl methyl sites for hydroxylation is 1. The van der Waals surface area contributed by atoms with Crippen molar-refractivity contribution >= 4 is 0 Å². The van der Waals surface area contributed by atoms with Crippen molar-refractivity contribution in [2.75, 3.05) is 7.05 Å². The molecule has 2 rings (SSSR count). The summed E-state index contributed by atoms with van der Waals surface area (Å²) in [4.78, 5) is 0. The first-order valence-electron chi connectivity index (χ1n) is 4.36. The molecule has 1 N–H and O–H groups in total. The molecule has 12 heavy (non-hydrogen) atoms. The lowest BCUT2D eigenvalue weighted by atomic mass is 10.2. The molecule has 0 saturated heterocycles. The molecule has 0 atom stereocenters. The molecule has 1 aliphatic carbocycles. The highest BCUT2D eigenvalue weighted by Crippen LogP contribution is 2.40. The van der Waals surface area contributed by atoms with Gasteiger partial charge in [0.05, 0.1) is 11.4 Å². The summed E-state index contributed by atoms with van der Waals surface area (Å²) < 4.78 is 1.91. The van der Waals surface area contributed by atoms with Crippen molar-refractivity contribution in [1.82, 2.24) is 20.3 Å². The monoisotopic (exact) mass is 166 g/mol. The summed E-state index contributed by atoms with van der Waals surface area (Å²) >= 11 is 0. The van der Waals surface area contributed by atoms with E-state index in [1.807, 2.05) is 18.8 Å². The summed E-state index contributed by atoms with van der Waals surface area (Å²) in [6.07, 6.45) is 2.61. The van der Waals surface area contributed by atoms with Crippen LogP contribution in [-0.2, 0) is 13.6 Å². The van der Waals surface area contributed by atoms with E-state index in [-0.39, 0.29) is 0 Å². The van der Waals surface area contributed by atoms with Crippen molar-refractivity contribution in [3.05, 3.63) is 11.4 Å². The first kappa shape index (κ1) is 7.73. The van der Waals surface area contributed by atoms with Crippen LogP contribution in [0.5, 0.6) is 0 Å². The SMILES string of the molecule is CNCc1nnn(C)c1C1CC1. The molecule has 0 aromatic carbocycles. The highest BCUT2D eigenvalue weighted by molar-refractivity contribution is 5.19. The van der Waals surface area contributed by atoms with Gasteiger partial charge in [0.2, 0.25) is 0 Å². The second-order valence-electron chi connectivity index (χ2n) is 3.35. The zero-order chi connectivity index (χ0) is 8.55. The summed E-state index contributed by atoms with van der Waals surface area (Å²) in [5.41, 5.74) is 2.44. The Morgan fingerprint density at radius 1 is 1.58 bits per heavy atom. The Bertz CT molecular complexity index is 275. The van der Waals surface area contributed by atoms with E-state index in [1.54, 1.807) is 0 Å². The molecule has 4 nitrogen and oxygen atoms in total. The first-order chi connectivity index (χ1) is 5.83. The van der Waals surface area contributed by atoms with Crippen LogP contribution in [0.15, 0.2) is 0 Å². The molecule has 4 heteroatoms. The van der Waals surface area contributed by atoms with Gasteiger partial charge in [-0.3, -0.25) is 4.68 Å².